The Morgan fingerprint density at radius 3 is 2.31 bits per heavy atom. The van der Waals surface area contributed by atoms with Crippen LogP contribution in [0.3, 0.4) is 0 Å². The van der Waals surface area contributed by atoms with Gasteiger partial charge in [0, 0.05) is 31.2 Å². The van der Waals surface area contributed by atoms with Crippen molar-refractivity contribution >= 4 is 23.3 Å². The van der Waals surface area contributed by atoms with E-state index in [0.29, 0.717) is 25.3 Å². The molecule has 2 N–H and O–H groups in total. The zero-order chi connectivity index (χ0) is 22.3. The number of piperazine rings is 1. The maximum atomic E-state index is 13.1. The van der Waals surface area contributed by atoms with E-state index in [0.717, 1.165) is 36.8 Å². The number of carbonyl (C=O) groups excluding carboxylic acids is 3. The summed E-state index contributed by atoms with van der Waals surface area (Å²) in [5.74, 6) is -0.438. The number of hydrogen-bond donors (Lipinski definition) is 2. The van der Waals surface area contributed by atoms with Gasteiger partial charge in [-0.2, -0.15) is 0 Å². The summed E-state index contributed by atoms with van der Waals surface area (Å²) >= 11 is 0. The predicted molar refractivity (Wildman–Crippen MR) is 125 cm³/mol. The maximum Gasteiger partial charge on any atom is 0.233 e. The van der Waals surface area contributed by atoms with Crippen LogP contribution >= 0.6 is 0 Å². The van der Waals surface area contributed by atoms with Gasteiger partial charge in [-0.15, -0.1) is 0 Å². The van der Waals surface area contributed by atoms with Gasteiger partial charge in [0.2, 0.25) is 11.8 Å². The number of carbonyl (C=O) groups is 3. The number of nitrogens with one attached hydrogen (secondary N) is 2. The van der Waals surface area contributed by atoms with Crippen molar-refractivity contribution in [2.24, 2.45) is 5.92 Å². The van der Waals surface area contributed by atoms with Gasteiger partial charge in [0.1, 0.15) is 12.5 Å². The first-order valence-electron chi connectivity index (χ1n) is 11.6. The lowest BCUT2D eigenvalue weighted by Gasteiger charge is -2.37. The smallest absolute Gasteiger partial charge is 0.233 e. The number of rotatable bonds is 6. The molecular weight excluding hydrogens is 402 g/mol. The Labute approximate surface area is 189 Å². The molecule has 1 unspecified atom stereocenters. The highest BCUT2D eigenvalue weighted by atomic mass is 16.2. The Morgan fingerprint density at radius 2 is 1.59 bits per heavy atom. The van der Waals surface area contributed by atoms with Gasteiger partial charge in [-0.3, -0.25) is 14.4 Å². The molecule has 168 valence electrons. The lowest BCUT2D eigenvalue weighted by atomic mass is 9.83. The largest absolute Gasteiger partial charge is 0.330 e. The quantitative estimate of drug-likeness (QED) is 0.682. The van der Waals surface area contributed by atoms with Crippen molar-refractivity contribution in [1.29, 1.82) is 0 Å². The first-order chi connectivity index (χ1) is 15.6. The van der Waals surface area contributed by atoms with Gasteiger partial charge in [0.15, 0.2) is 5.78 Å². The topological polar surface area (TPSA) is 78.5 Å². The second kappa shape index (κ2) is 10.6. The van der Waals surface area contributed by atoms with Crippen LogP contribution in [-0.4, -0.2) is 48.2 Å². The molecule has 6 nitrogen and oxygen atoms in total. The number of hydrogen-bond acceptors (Lipinski definition) is 4. The molecule has 4 rings (SSSR count). The summed E-state index contributed by atoms with van der Waals surface area (Å²) < 4.78 is 0. The third-order valence-corrected chi connectivity index (χ3v) is 6.49. The minimum Gasteiger partial charge on any atom is -0.330 e. The van der Waals surface area contributed by atoms with Gasteiger partial charge in [-0.25, -0.2) is 0 Å². The number of benzene rings is 2. The molecule has 2 aliphatic rings. The fourth-order valence-corrected chi connectivity index (χ4v) is 4.74. The average molecular weight is 434 g/mol. The van der Waals surface area contributed by atoms with E-state index in [1.54, 1.807) is 4.90 Å². The lowest BCUT2D eigenvalue weighted by Crippen LogP contribution is -2.58. The van der Waals surface area contributed by atoms with Crippen LogP contribution < -0.4 is 10.6 Å². The van der Waals surface area contributed by atoms with Crippen LogP contribution in [0.5, 0.6) is 0 Å². The van der Waals surface area contributed by atoms with Gasteiger partial charge in [-0.1, -0.05) is 61.7 Å². The number of ketones is 1. The molecule has 0 aromatic heterocycles. The first kappa shape index (κ1) is 22.2. The second-order valence-electron chi connectivity index (χ2n) is 8.71. The third kappa shape index (κ3) is 5.43. The highest BCUT2D eigenvalue weighted by Gasteiger charge is 2.36. The molecule has 1 aliphatic heterocycles. The minimum atomic E-state index is -0.461. The summed E-state index contributed by atoms with van der Waals surface area (Å²) in [6, 6.07) is 17.1. The van der Waals surface area contributed by atoms with Crippen molar-refractivity contribution in [1.82, 2.24) is 10.2 Å². The molecular formula is C26H31N3O3. The summed E-state index contributed by atoms with van der Waals surface area (Å²) in [5, 5.41) is 6.05. The van der Waals surface area contributed by atoms with E-state index in [9.17, 15) is 14.4 Å². The number of amides is 2. The summed E-state index contributed by atoms with van der Waals surface area (Å²) in [7, 11) is 0. The molecule has 32 heavy (non-hydrogen) atoms. The van der Waals surface area contributed by atoms with Gasteiger partial charge in [0.25, 0.3) is 0 Å². The fraction of sp³-hybridized carbons (Fsp3) is 0.423. The van der Waals surface area contributed by atoms with Crippen molar-refractivity contribution in [3.05, 3.63) is 54.6 Å². The lowest BCUT2D eigenvalue weighted by molar-refractivity contribution is -0.144. The molecule has 1 heterocycles. The van der Waals surface area contributed by atoms with Gasteiger partial charge in [0.05, 0.1) is 0 Å². The molecule has 1 aliphatic carbocycles. The average Bonchev–Trinajstić information content (AvgIpc) is 2.85. The Balaban J connectivity index is 1.34. The Kier molecular flexibility index (Phi) is 7.32. The molecule has 6 heteroatoms. The van der Waals surface area contributed by atoms with Crippen LogP contribution in [-0.2, 0) is 14.4 Å². The van der Waals surface area contributed by atoms with Crippen LogP contribution in [0, 0.1) is 5.92 Å². The van der Waals surface area contributed by atoms with Crippen molar-refractivity contribution in [3.63, 3.8) is 0 Å². The van der Waals surface area contributed by atoms with Crippen molar-refractivity contribution in [2.75, 3.05) is 25.0 Å². The molecule has 2 aromatic carbocycles. The van der Waals surface area contributed by atoms with Crippen LogP contribution in [0.25, 0.3) is 11.1 Å². The molecule has 1 atom stereocenters. The van der Waals surface area contributed by atoms with E-state index < -0.39 is 6.04 Å². The Hall–Kier alpha value is -2.99. The Morgan fingerprint density at radius 1 is 0.906 bits per heavy atom. The van der Waals surface area contributed by atoms with E-state index in [1.165, 1.54) is 6.42 Å². The zero-order valence-electron chi connectivity index (χ0n) is 18.4. The van der Waals surface area contributed by atoms with E-state index in [2.05, 4.69) is 10.6 Å². The van der Waals surface area contributed by atoms with E-state index in [1.807, 2.05) is 54.6 Å². The van der Waals surface area contributed by atoms with E-state index in [4.69, 9.17) is 0 Å². The van der Waals surface area contributed by atoms with Gasteiger partial charge in [-0.05, 0) is 36.1 Å². The normalized spacial score (nSPS) is 19.4. The second-order valence-corrected chi connectivity index (χ2v) is 8.71. The third-order valence-electron chi connectivity index (χ3n) is 6.49. The number of nitrogens with zero attached hydrogens (tertiary/aromatic N) is 1. The molecule has 1 saturated carbocycles. The summed E-state index contributed by atoms with van der Waals surface area (Å²) in [6.45, 7) is 1.58. The SMILES string of the molecule is O=C(CC(=O)N1CCNCC1C(=O)C1CCCCC1)Nc1ccc(-c2ccccc2)cc1. The number of anilines is 1. The molecule has 0 radical (unpaired) electrons. The zero-order valence-corrected chi connectivity index (χ0v) is 18.4. The molecule has 0 bridgehead atoms. The van der Waals surface area contributed by atoms with Crippen molar-refractivity contribution in [2.45, 2.75) is 44.6 Å². The van der Waals surface area contributed by atoms with Gasteiger partial charge < -0.3 is 15.5 Å². The van der Waals surface area contributed by atoms with Crippen LogP contribution in [0.1, 0.15) is 38.5 Å². The van der Waals surface area contributed by atoms with Crippen molar-refractivity contribution in [3.8, 4) is 11.1 Å². The standard InChI is InChI=1S/C26H31N3O3/c30-24(28-22-13-11-20(12-14-22)19-7-3-1-4-8-19)17-25(31)29-16-15-27-18-23(29)26(32)21-9-5-2-6-10-21/h1,3-4,7-8,11-14,21,23,27H,2,5-6,9-10,15-18H2,(H,28,30). The van der Waals surface area contributed by atoms with E-state index in [-0.39, 0.29) is 29.9 Å². The van der Waals surface area contributed by atoms with Crippen molar-refractivity contribution < 1.29 is 14.4 Å². The molecule has 1 saturated heterocycles. The minimum absolute atomic E-state index is 0.0425. The van der Waals surface area contributed by atoms with Crippen LogP contribution in [0.15, 0.2) is 54.6 Å². The number of Topliss-reactive ketones (excluding diaryl/α,β-unsaturated/α-hetero) is 1. The van der Waals surface area contributed by atoms with Crippen LogP contribution in [0.2, 0.25) is 0 Å². The molecule has 2 fully saturated rings. The summed E-state index contributed by atoms with van der Waals surface area (Å²) in [4.78, 5) is 40.1. The Bertz CT molecular complexity index is 937. The van der Waals surface area contributed by atoms with Crippen LogP contribution in [0.4, 0.5) is 5.69 Å². The summed E-state index contributed by atoms with van der Waals surface area (Å²) in [6.07, 6.45) is 4.91. The first-order valence-corrected chi connectivity index (χ1v) is 11.6. The maximum absolute atomic E-state index is 13.1. The fourth-order valence-electron chi connectivity index (χ4n) is 4.74. The highest BCUT2D eigenvalue weighted by molar-refractivity contribution is 6.05. The summed E-state index contributed by atoms with van der Waals surface area (Å²) in [5.41, 5.74) is 2.81. The highest BCUT2D eigenvalue weighted by Crippen LogP contribution is 2.27. The molecule has 0 spiro atoms. The predicted octanol–water partition coefficient (Wildman–Crippen LogP) is 3.63. The molecule has 2 amide bonds. The van der Waals surface area contributed by atoms with E-state index >= 15 is 0 Å². The monoisotopic (exact) mass is 433 g/mol. The molecule has 2 aromatic rings. The van der Waals surface area contributed by atoms with Gasteiger partial charge >= 0.3 is 0 Å².